The summed E-state index contributed by atoms with van der Waals surface area (Å²) in [6.07, 6.45) is 0.237. The molecule has 1 amide bonds. The van der Waals surface area contributed by atoms with Gasteiger partial charge in [0.1, 0.15) is 22.8 Å². The summed E-state index contributed by atoms with van der Waals surface area (Å²) in [7, 11) is 6.91. The van der Waals surface area contributed by atoms with Gasteiger partial charge in [-0.05, 0) is 64.6 Å². The van der Waals surface area contributed by atoms with Crippen molar-refractivity contribution in [3.63, 3.8) is 0 Å². The lowest BCUT2D eigenvalue weighted by Gasteiger charge is -2.50. The highest BCUT2D eigenvalue weighted by molar-refractivity contribution is 6.24. The summed E-state index contributed by atoms with van der Waals surface area (Å²) in [5.74, 6) is -0.678. The van der Waals surface area contributed by atoms with Crippen molar-refractivity contribution in [2.45, 2.75) is 24.5 Å². The Morgan fingerprint density at radius 1 is 1.17 bits per heavy atom. The SMILES string of the molecule is CN(C)CC#Cc1ccc(O)c2c1C[C@@H]1C[C@H]3[C@H](N(C)C)C(O)=C(C(N)=O)C(=O)[C@]3(O)C(O)=C1C2=O. The van der Waals surface area contributed by atoms with E-state index in [-0.39, 0.29) is 29.7 Å². The van der Waals surface area contributed by atoms with Gasteiger partial charge < -0.3 is 26.2 Å². The highest BCUT2D eigenvalue weighted by atomic mass is 16.3. The minimum atomic E-state index is -2.65. The Morgan fingerprint density at radius 3 is 2.42 bits per heavy atom. The molecule has 0 spiro atoms. The molecule has 0 fully saturated rings. The number of aliphatic hydroxyl groups excluding tert-OH is 2. The van der Waals surface area contributed by atoms with Gasteiger partial charge in [-0.25, -0.2) is 0 Å². The number of rotatable bonds is 3. The molecule has 36 heavy (non-hydrogen) atoms. The van der Waals surface area contributed by atoms with Gasteiger partial charge in [0.25, 0.3) is 5.91 Å². The number of Topliss-reactive ketones (excluding diaryl/α,β-unsaturated/α-hetero) is 2. The van der Waals surface area contributed by atoms with Crippen molar-refractivity contribution in [3.05, 3.63) is 51.5 Å². The Bertz CT molecular complexity index is 1310. The van der Waals surface area contributed by atoms with Gasteiger partial charge in [0.15, 0.2) is 11.4 Å². The van der Waals surface area contributed by atoms with Crippen molar-refractivity contribution < 1.29 is 34.8 Å². The number of nitrogens with zero attached hydrogens (tertiary/aromatic N) is 2. The molecule has 0 saturated heterocycles. The van der Waals surface area contributed by atoms with E-state index >= 15 is 0 Å². The average molecular weight is 496 g/mol. The first-order valence-corrected chi connectivity index (χ1v) is 11.5. The van der Waals surface area contributed by atoms with E-state index in [4.69, 9.17) is 5.73 Å². The largest absolute Gasteiger partial charge is 0.510 e. The highest BCUT2D eigenvalue weighted by Gasteiger charge is 2.63. The number of aromatic hydroxyl groups is 1. The first kappa shape index (κ1) is 25.4. The van der Waals surface area contributed by atoms with Crippen molar-refractivity contribution in [1.82, 2.24) is 9.80 Å². The summed E-state index contributed by atoms with van der Waals surface area (Å²) in [6, 6.07) is 1.94. The van der Waals surface area contributed by atoms with Crippen molar-refractivity contribution in [1.29, 1.82) is 0 Å². The van der Waals surface area contributed by atoms with Crippen LogP contribution in [0.3, 0.4) is 0 Å². The van der Waals surface area contributed by atoms with E-state index in [0.29, 0.717) is 17.7 Å². The minimum Gasteiger partial charge on any atom is -0.510 e. The van der Waals surface area contributed by atoms with Crippen LogP contribution in [0.2, 0.25) is 0 Å². The Morgan fingerprint density at radius 2 is 1.83 bits per heavy atom. The number of benzene rings is 1. The highest BCUT2D eigenvalue weighted by Crippen LogP contribution is 2.52. The number of aliphatic hydroxyl groups is 3. The fourth-order valence-electron chi connectivity index (χ4n) is 5.66. The zero-order valence-corrected chi connectivity index (χ0v) is 20.5. The van der Waals surface area contributed by atoms with E-state index < -0.39 is 58.0 Å². The maximum absolute atomic E-state index is 13.6. The Hall–Kier alpha value is -3.65. The summed E-state index contributed by atoms with van der Waals surface area (Å²) in [4.78, 5) is 42.3. The number of nitrogens with two attached hydrogens (primary N) is 1. The topological polar surface area (TPSA) is 165 Å². The molecule has 3 aliphatic carbocycles. The first-order valence-electron chi connectivity index (χ1n) is 11.5. The summed E-state index contributed by atoms with van der Waals surface area (Å²) in [5.41, 5.74) is 2.68. The number of fused-ring (bicyclic) bond motifs is 3. The van der Waals surface area contributed by atoms with E-state index in [1.807, 2.05) is 19.0 Å². The molecule has 0 radical (unpaired) electrons. The molecule has 1 aromatic rings. The molecular formula is C26H29N3O7. The van der Waals surface area contributed by atoms with Crippen LogP contribution < -0.4 is 5.73 Å². The van der Waals surface area contributed by atoms with Gasteiger partial charge >= 0.3 is 0 Å². The second-order valence-electron chi connectivity index (χ2n) is 9.99. The second kappa shape index (κ2) is 8.78. The molecule has 6 N–H and O–H groups in total. The van der Waals surface area contributed by atoms with Crippen molar-refractivity contribution in [2.75, 3.05) is 34.7 Å². The Labute approximate surface area is 208 Å². The molecule has 3 aliphatic rings. The van der Waals surface area contributed by atoms with Gasteiger partial charge in [-0.15, -0.1) is 0 Å². The van der Waals surface area contributed by atoms with Crippen LogP contribution in [-0.2, 0) is 16.0 Å². The molecular weight excluding hydrogens is 466 g/mol. The second-order valence-corrected chi connectivity index (χ2v) is 9.99. The molecule has 0 saturated carbocycles. The molecule has 10 heteroatoms. The number of hydrogen-bond donors (Lipinski definition) is 5. The zero-order valence-electron chi connectivity index (χ0n) is 20.5. The molecule has 0 bridgehead atoms. The van der Waals surface area contributed by atoms with Crippen LogP contribution in [0, 0.1) is 23.7 Å². The summed E-state index contributed by atoms with van der Waals surface area (Å²) < 4.78 is 0. The summed E-state index contributed by atoms with van der Waals surface area (Å²) in [6.45, 7) is 0.481. The third-order valence-corrected chi connectivity index (χ3v) is 7.22. The number of ketones is 2. The van der Waals surface area contributed by atoms with Gasteiger partial charge in [0.05, 0.1) is 18.2 Å². The fourth-order valence-corrected chi connectivity index (χ4v) is 5.66. The van der Waals surface area contributed by atoms with E-state index in [1.165, 1.54) is 11.0 Å². The molecule has 1 aromatic carbocycles. The van der Waals surface area contributed by atoms with Crippen LogP contribution in [0.1, 0.15) is 27.9 Å². The van der Waals surface area contributed by atoms with Crippen LogP contribution in [0.5, 0.6) is 5.75 Å². The fraction of sp³-hybridized carbons (Fsp3) is 0.423. The molecule has 4 atom stereocenters. The monoisotopic (exact) mass is 495 g/mol. The molecule has 0 aliphatic heterocycles. The van der Waals surface area contributed by atoms with Crippen LogP contribution >= 0.6 is 0 Å². The number of carbonyl (C=O) groups excluding carboxylic acids is 3. The first-order chi connectivity index (χ1) is 16.8. The number of carbonyl (C=O) groups is 3. The van der Waals surface area contributed by atoms with Crippen LogP contribution in [-0.4, -0.2) is 94.1 Å². The van der Waals surface area contributed by atoms with Gasteiger partial charge in [-0.3, -0.25) is 24.2 Å². The van der Waals surface area contributed by atoms with E-state index in [2.05, 4.69) is 11.8 Å². The molecule has 0 aromatic heterocycles. The maximum Gasteiger partial charge on any atom is 0.255 e. The summed E-state index contributed by atoms with van der Waals surface area (Å²) >= 11 is 0. The van der Waals surface area contributed by atoms with Gasteiger partial charge in [0, 0.05) is 17.1 Å². The number of allylic oxidation sites excluding steroid dienone is 1. The number of primary amides is 1. The number of phenolic OH excluding ortho intramolecular Hbond substituents is 1. The zero-order chi connectivity index (χ0) is 26.7. The lowest BCUT2D eigenvalue weighted by Crippen LogP contribution is -2.63. The van der Waals surface area contributed by atoms with E-state index in [9.17, 15) is 34.8 Å². The van der Waals surface area contributed by atoms with Gasteiger partial charge in [-0.1, -0.05) is 11.8 Å². The predicted molar refractivity (Wildman–Crippen MR) is 129 cm³/mol. The standard InChI is InChI=1S/C26H29N3O7/c1-28(2)9-5-6-12-7-8-16(30)18-14(12)10-13-11-15-20(29(3)4)22(32)19(25(27)35)24(34)26(15,36)23(33)17(13)21(18)31/h7-8,13,15,20,30,32-33,36H,9-11H2,1-4H3,(H2,27,35)/t13-,15+,20+,26-/m1/s1. The molecule has 4 rings (SSSR count). The average Bonchev–Trinajstić information content (AvgIpc) is 2.77. The minimum absolute atomic E-state index is 0.0337. The summed E-state index contributed by atoms with van der Waals surface area (Å²) in [5, 5.41) is 44.2. The normalized spacial score (nSPS) is 27.5. The van der Waals surface area contributed by atoms with E-state index in [0.717, 1.165) is 0 Å². The smallest absolute Gasteiger partial charge is 0.255 e. The Kier molecular flexibility index (Phi) is 6.21. The van der Waals surface area contributed by atoms with E-state index in [1.54, 1.807) is 20.2 Å². The predicted octanol–water partition coefficient (Wildman–Crippen LogP) is 0.0337. The number of likely N-dealkylation sites (N-methyl/N-ethyl adjacent to an activating group) is 1. The number of amides is 1. The number of phenols is 1. The lowest BCUT2D eigenvalue weighted by molar-refractivity contribution is -0.148. The quantitative estimate of drug-likeness (QED) is 0.287. The van der Waals surface area contributed by atoms with Crippen molar-refractivity contribution in [2.24, 2.45) is 17.6 Å². The van der Waals surface area contributed by atoms with Crippen LogP contribution in [0.25, 0.3) is 0 Å². The molecule has 0 heterocycles. The maximum atomic E-state index is 13.6. The third kappa shape index (κ3) is 3.59. The lowest BCUT2D eigenvalue weighted by atomic mass is 9.58. The van der Waals surface area contributed by atoms with Crippen molar-refractivity contribution >= 4 is 17.5 Å². The van der Waals surface area contributed by atoms with Crippen LogP contribution in [0.15, 0.2) is 34.8 Å². The van der Waals surface area contributed by atoms with Crippen molar-refractivity contribution in [3.8, 4) is 17.6 Å². The van der Waals surface area contributed by atoms with Crippen LogP contribution in [0.4, 0.5) is 0 Å². The van der Waals surface area contributed by atoms with Gasteiger partial charge in [-0.2, -0.15) is 0 Å². The molecule has 10 nitrogen and oxygen atoms in total. The molecule has 190 valence electrons. The third-order valence-electron chi connectivity index (χ3n) is 7.22. The number of hydrogen-bond acceptors (Lipinski definition) is 9. The Balaban J connectivity index is 1.91. The van der Waals surface area contributed by atoms with Gasteiger partial charge in [0.2, 0.25) is 5.78 Å². The molecule has 0 unspecified atom stereocenters.